The standard InChI is InChI=1S/C24H20F3N5O2/c1-34-21-14-31(19-8-7-17(13-18(19)25)30-12-10-24(26,27)15-30)29-22(23(21)33)20-9-11-28-32(20)16-5-3-2-4-6-16/h2-9,11,13-14H,10,12,15H2,1H3. The number of anilines is 1. The Balaban J connectivity index is 1.58. The van der Waals surface area contributed by atoms with Gasteiger partial charge >= 0.3 is 0 Å². The van der Waals surface area contributed by atoms with Crippen LogP contribution in [0.4, 0.5) is 18.9 Å². The number of hydrogen-bond acceptors (Lipinski definition) is 5. The fourth-order valence-electron chi connectivity index (χ4n) is 4.00. The summed E-state index contributed by atoms with van der Waals surface area (Å²) in [5.41, 5.74) is 1.06. The fraction of sp³-hybridized carbons (Fsp3) is 0.208. The number of hydrogen-bond donors (Lipinski definition) is 0. The van der Waals surface area contributed by atoms with E-state index in [2.05, 4.69) is 10.2 Å². The van der Waals surface area contributed by atoms with Crippen LogP contribution in [0.25, 0.3) is 22.8 Å². The van der Waals surface area contributed by atoms with Crippen molar-refractivity contribution in [2.24, 2.45) is 0 Å². The van der Waals surface area contributed by atoms with E-state index in [1.54, 1.807) is 16.8 Å². The van der Waals surface area contributed by atoms with E-state index in [9.17, 15) is 13.6 Å². The van der Waals surface area contributed by atoms with Crippen molar-refractivity contribution < 1.29 is 17.9 Å². The summed E-state index contributed by atoms with van der Waals surface area (Å²) in [4.78, 5) is 14.5. The molecule has 1 fully saturated rings. The van der Waals surface area contributed by atoms with Crippen molar-refractivity contribution in [2.75, 3.05) is 25.1 Å². The van der Waals surface area contributed by atoms with Crippen LogP contribution in [0.3, 0.4) is 0 Å². The lowest BCUT2D eigenvalue weighted by Crippen LogP contribution is -2.25. The van der Waals surface area contributed by atoms with Crippen molar-refractivity contribution in [1.82, 2.24) is 19.6 Å². The van der Waals surface area contributed by atoms with Crippen molar-refractivity contribution in [2.45, 2.75) is 12.3 Å². The second kappa shape index (κ2) is 8.36. The van der Waals surface area contributed by atoms with Crippen molar-refractivity contribution in [3.8, 4) is 28.5 Å². The normalized spacial score (nSPS) is 15.0. The molecular weight excluding hydrogens is 447 g/mol. The Labute approximate surface area is 192 Å². The molecule has 1 aliphatic rings. The highest BCUT2D eigenvalue weighted by Gasteiger charge is 2.38. The largest absolute Gasteiger partial charge is 0.491 e. The number of nitrogens with zero attached hydrogens (tertiary/aromatic N) is 5. The van der Waals surface area contributed by atoms with Gasteiger partial charge in [0.1, 0.15) is 5.69 Å². The number of benzene rings is 2. The van der Waals surface area contributed by atoms with Crippen molar-refractivity contribution >= 4 is 5.69 Å². The molecule has 0 spiro atoms. The van der Waals surface area contributed by atoms with Crippen molar-refractivity contribution in [3.05, 3.63) is 83.0 Å². The molecular formula is C24H20F3N5O2. The summed E-state index contributed by atoms with van der Waals surface area (Å²) in [5.74, 6) is -3.50. The van der Waals surface area contributed by atoms with Crippen molar-refractivity contribution in [3.63, 3.8) is 0 Å². The van der Waals surface area contributed by atoms with Crippen LogP contribution in [0.2, 0.25) is 0 Å². The van der Waals surface area contributed by atoms with E-state index in [1.165, 1.54) is 41.2 Å². The van der Waals surface area contributed by atoms with Crippen molar-refractivity contribution in [1.29, 1.82) is 0 Å². The van der Waals surface area contributed by atoms with Gasteiger partial charge in [-0.2, -0.15) is 10.2 Å². The van der Waals surface area contributed by atoms with Gasteiger partial charge in [0.2, 0.25) is 0 Å². The van der Waals surface area contributed by atoms with Crippen LogP contribution in [0.5, 0.6) is 5.75 Å². The summed E-state index contributed by atoms with van der Waals surface area (Å²) in [7, 11) is 1.34. The predicted molar refractivity (Wildman–Crippen MR) is 121 cm³/mol. The highest BCUT2D eigenvalue weighted by Crippen LogP contribution is 2.32. The van der Waals surface area contributed by atoms with Gasteiger partial charge in [-0.25, -0.2) is 22.5 Å². The zero-order valence-corrected chi connectivity index (χ0v) is 18.2. The molecule has 2 aromatic carbocycles. The molecule has 34 heavy (non-hydrogen) atoms. The molecule has 10 heteroatoms. The first-order valence-electron chi connectivity index (χ1n) is 10.6. The molecule has 4 aromatic rings. The zero-order valence-electron chi connectivity index (χ0n) is 18.2. The maximum Gasteiger partial charge on any atom is 0.266 e. The molecule has 174 valence electrons. The Morgan fingerprint density at radius 2 is 1.85 bits per heavy atom. The third kappa shape index (κ3) is 3.91. The fourth-order valence-corrected chi connectivity index (χ4v) is 4.00. The summed E-state index contributed by atoms with van der Waals surface area (Å²) in [6.45, 7) is -0.312. The maximum atomic E-state index is 15.1. The molecule has 2 aromatic heterocycles. The van der Waals surface area contributed by atoms with Crippen LogP contribution in [0.15, 0.2) is 71.8 Å². The summed E-state index contributed by atoms with van der Waals surface area (Å²) in [6, 6.07) is 15.0. The predicted octanol–water partition coefficient (Wildman–Crippen LogP) is 4.08. The van der Waals surface area contributed by atoms with E-state index >= 15 is 4.39 Å². The van der Waals surface area contributed by atoms with E-state index in [4.69, 9.17) is 4.74 Å². The van der Waals surface area contributed by atoms with Crippen LogP contribution >= 0.6 is 0 Å². The molecule has 0 bridgehead atoms. The first-order valence-corrected chi connectivity index (χ1v) is 10.6. The summed E-state index contributed by atoms with van der Waals surface area (Å²) < 4.78 is 50.3. The van der Waals surface area contributed by atoms with Crippen LogP contribution in [0.1, 0.15) is 6.42 Å². The average Bonchev–Trinajstić information content (AvgIpc) is 3.46. The monoisotopic (exact) mass is 467 g/mol. The Kier molecular flexibility index (Phi) is 5.35. The number of rotatable bonds is 5. The molecule has 1 aliphatic heterocycles. The van der Waals surface area contributed by atoms with Gasteiger partial charge in [0, 0.05) is 18.7 Å². The number of ether oxygens (including phenoxy) is 1. The van der Waals surface area contributed by atoms with Crippen LogP contribution in [-0.2, 0) is 0 Å². The Hall–Kier alpha value is -4.08. The third-order valence-corrected chi connectivity index (χ3v) is 5.71. The lowest BCUT2D eigenvalue weighted by Gasteiger charge is -2.19. The van der Waals surface area contributed by atoms with Crippen LogP contribution in [0, 0.1) is 5.82 Å². The number of methoxy groups -OCH3 is 1. The average molecular weight is 467 g/mol. The minimum absolute atomic E-state index is 0.0170. The Morgan fingerprint density at radius 1 is 1.06 bits per heavy atom. The van der Waals surface area contributed by atoms with E-state index in [0.29, 0.717) is 11.4 Å². The minimum atomic E-state index is -2.79. The van der Waals surface area contributed by atoms with Crippen LogP contribution in [-0.4, -0.2) is 45.7 Å². The Bertz CT molecular complexity index is 1400. The second-order valence-electron chi connectivity index (χ2n) is 7.95. The number of alkyl halides is 2. The lowest BCUT2D eigenvalue weighted by molar-refractivity contribution is 0.0257. The van der Waals surface area contributed by atoms with E-state index in [-0.39, 0.29) is 30.1 Å². The molecule has 5 rings (SSSR count). The maximum absolute atomic E-state index is 15.1. The molecule has 0 aliphatic carbocycles. The van der Waals surface area contributed by atoms with Gasteiger partial charge in [0.15, 0.2) is 17.3 Å². The molecule has 0 atom stereocenters. The summed E-state index contributed by atoms with van der Waals surface area (Å²) in [5, 5.41) is 8.67. The molecule has 0 saturated carbocycles. The number of aromatic nitrogens is 4. The minimum Gasteiger partial charge on any atom is -0.491 e. The van der Waals surface area contributed by atoms with Gasteiger partial charge in [0.25, 0.3) is 11.4 Å². The topological polar surface area (TPSA) is 65.2 Å². The highest BCUT2D eigenvalue weighted by molar-refractivity contribution is 5.60. The smallest absolute Gasteiger partial charge is 0.266 e. The van der Waals surface area contributed by atoms with Gasteiger partial charge < -0.3 is 9.64 Å². The number of para-hydroxylation sites is 1. The summed E-state index contributed by atoms with van der Waals surface area (Å²) in [6.07, 6.45) is 2.55. The van der Waals surface area contributed by atoms with Gasteiger partial charge in [0.05, 0.1) is 37.4 Å². The lowest BCUT2D eigenvalue weighted by atomic mass is 10.2. The highest BCUT2D eigenvalue weighted by atomic mass is 19.3. The third-order valence-electron chi connectivity index (χ3n) is 5.71. The quantitative estimate of drug-likeness (QED) is 0.443. The zero-order chi connectivity index (χ0) is 23.9. The molecule has 0 N–H and O–H groups in total. The molecule has 7 nitrogen and oxygen atoms in total. The first-order chi connectivity index (χ1) is 16.4. The molecule has 3 heterocycles. The molecule has 0 amide bonds. The van der Waals surface area contributed by atoms with Gasteiger partial charge in [-0.15, -0.1) is 0 Å². The molecule has 0 radical (unpaired) electrons. The van der Waals surface area contributed by atoms with Gasteiger partial charge in [-0.05, 0) is 36.4 Å². The molecule has 1 saturated heterocycles. The van der Waals surface area contributed by atoms with Gasteiger partial charge in [-0.3, -0.25) is 4.79 Å². The second-order valence-corrected chi connectivity index (χ2v) is 7.95. The number of halogens is 3. The Morgan fingerprint density at radius 3 is 2.53 bits per heavy atom. The SMILES string of the molecule is COc1cn(-c2ccc(N3CCC(F)(F)C3)cc2F)nc(-c2ccnn2-c2ccccc2)c1=O. The summed E-state index contributed by atoms with van der Waals surface area (Å²) >= 11 is 0. The van der Waals surface area contributed by atoms with E-state index in [1.807, 2.05) is 30.3 Å². The van der Waals surface area contributed by atoms with E-state index in [0.717, 1.165) is 5.69 Å². The van der Waals surface area contributed by atoms with E-state index < -0.39 is 23.7 Å². The first kappa shape index (κ1) is 21.7. The van der Waals surface area contributed by atoms with Gasteiger partial charge in [-0.1, -0.05) is 18.2 Å². The van der Waals surface area contributed by atoms with Crippen LogP contribution < -0.4 is 15.1 Å². The molecule has 0 unspecified atom stereocenters.